The molecular formula is C14H9Cl3N2. The molecule has 3 rings (SSSR count). The van der Waals surface area contributed by atoms with Crippen LogP contribution in [0.15, 0.2) is 42.6 Å². The third kappa shape index (κ3) is 2.57. The maximum absolute atomic E-state index is 6.05. The average Bonchev–Trinajstić information content (AvgIpc) is 2.76. The van der Waals surface area contributed by atoms with E-state index in [0.717, 1.165) is 21.5 Å². The highest BCUT2D eigenvalue weighted by atomic mass is 35.5. The molecule has 0 aliphatic carbocycles. The van der Waals surface area contributed by atoms with Gasteiger partial charge in [0.1, 0.15) is 0 Å². The third-order valence-electron chi connectivity index (χ3n) is 2.93. The molecule has 0 N–H and O–H groups in total. The molecule has 0 spiro atoms. The number of rotatable bonds is 2. The summed E-state index contributed by atoms with van der Waals surface area (Å²) in [4.78, 5) is 0. The zero-order chi connectivity index (χ0) is 13.4. The summed E-state index contributed by atoms with van der Waals surface area (Å²) in [6.07, 6.45) is 1.79. The molecule has 0 bridgehead atoms. The Kier molecular flexibility index (Phi) is 3.40. The standard InChI is InChI=1S/C14H9Cl3N2/c15-11-3-1-9(2-4-11)8-19-14-6-13(17)12(16)5-10(14)7-18-19/h1-7H,8H2. The van der Waals surface area contributed by atoms with Gasteiger partial charge in [-0.2, -0.15) is 5.10 Å². The lowest BCUT2D eigenvalue weighted by Gasteiger charge is -2.05. The van der Waals surface area contributed by atoms with Crippen LogP contribution >= 0.6 is 34.8 Å². The maximum atomic E-state index is 6.05. The smallest absolute Gasteiger partial charge is 0.0702 e. The van der Waals surface area contributed by atoms with Gasteiger partial charge in [0.2, 0.25) is 0 Å². The summed E-state index contributed by atoms with van der Waals surface area (Å²) in [6, 6.07) is 11.4. The van der Waals surface area contributed by atoms with E-state index in [9.17, 15) is 0 Å². The predicted octanol–water partition coefficient (Wildman–Crippen LogP) is 5.04. The Bertz CT molecular complexity index is 732. The van der Waals surface area contributed by atoms with Gasteiger partial charge in [-0.3, -0.25) is 4.68 Å². The average molecular weight is 312 g/mol. The highest BCUT2D eigenvalue weighted by Crippen LogP contribution is 2.28. The number of nitrogens with zero attached hydrogens (tertiary/aromatic N) is 2. The molecule has 0 saturated heterocycles. The Morgan fingerprint density at radius 2 is 1.63 bits per heavy atom. The van der Waals surface area contributed by atoms with Crippen molar-refractivity contribution in [1.82, 2.24) is 9.78 Å². The largest absolute Gasteiger partial charge is 0.260 e. The lowest BCUT2D eigenvalue weighted by Crippen LogP contribution is -2.01. The molecule has 96 valence electrons. The summed E-state index contributed by atoms with van der Waals surface area (Å²) >= 11 is 17.9. The van der Waals surface area contributed by atoms with Gasteiger partial charge >= 0.3 is 0 Å². The molecule has 0 amide bonds. The van der Waals surface area contributed by atoms with E-state index in [1.807, 2.05) is 41.1 Å². The van der Waals surface area contributed by atoms with Crippen LogP contribution in [-0.2, 0) is 6.54 Å². The van der Waals surface area contributed by atoms with E-state index in [0.29, 0.717) is 16.6 Å². The van der Waals surface area contributed by atoms with Gasteiger partial charge in [-0.05, 0) is 29.8 Å². The summed E-state index contributed by atoms with van der Waals surface area (Å²) in [5.41, 5.74) is 2.09. The second-order valence-corrected chi connectivity index (χ2v) is 5.50. The summed E-state index contributed by atoms with van der Waals surface area (Å²) in [5.74, 6) is 0. The fourth-order valence-corrected chi connectivity index (χ4v) is 2.42. The normalized spacial score (nSPS) is 11.1. The minimum Gasteiger partial charge on any atom is -0.260 e. The maximum Gasteiger partial charge on any atom is 0.0702 e. The van der Waals surface area contributed by atoms with Crippen LogP contribution < -0.4 is 0 Å². The summed E-state index contributed by atoms with van der Waals surface area (Å²) in [5, 5.41) is 7.14. The van der Waals surface area contributed by atoms with E-state index in [-0.39, 0.29) is 0 Å². The van der Waals surface area contributed by atoms with Crippen molar-refractivity contribution in [2.75, 3.05) is 0 Å². The van der Waals surface area contributed by atoms with Gasteiger partial charge in [-0.25, -0.2) is 0 Å². The van der Waals surface area contributed by atoms with E-state index in [4.69, 9.17) is 34.8 Å². The Morgan fingerprint density at radius 1 is 0.947 bits per heavy atom. The number of halogens is 3. The highest BCUT2D eigenvalue weighted by molar-refractivity contribution is 6.42. The van der Waals surface area contributed by atoms with Crippen molar-refractivity contribution in [1.29, 1.82) is 0 Å². The molecule has 19 heavy (non-hydrogen) atoms. The summed E-state index contributed by atoms with van der Waals surface area (Å²) in [6.45, 7) is 0.665. The van der Waals surface area contributed by atoms with E-state index in [1.54, 1.807) is 6.20 Å². The fourth-order valence-electron chi connectivity index (χ4n) is 1.96. The van der Waals surface area contributed by atoms with Gasteiger partial charge in [0.15, 0.2) is 0 Å². The Morgan fingerprint density at radius 3 is 2.37 bits per heavy atom. The van der Waals surface area contributed by atoms with Crippen LogP contribution in [0, 0.1) is 0 Å². The molecule has 5 heteroatoms. The Labute approximate surface area is 125 Å². The molecular weight excluding hydrogens is 303 g/mol. The van der Waals surface area contributed by atoms with E-state index in [2.05, 4.69) is 5.10 Å². The van der Waals surface area contributed by atoms with Crippen molar-refractivity contribution >= 4 is 45.7 Å². The minimum absolute atomic E-state index is 0.534. The van der Waals surface area contributed by atoms with E-state index < -0.39 is 0 Å². The fraction of sp³-hybridized carbons (Fsp3) is 0.0714. The van der Waals surface area contributed by atoms with E-state index in [1.165, 1.54) is 0 Å². The lowest BCUT2D eigenvalue weighted by molar-refractivity contribution is 0.712. The monoisotopic (exact) mass is 310 g/mol. The molecule has 1 heterocycles. The molecule has 0 aliphatic heterocycles. The molecule has 0 unspecified atom stereocenters. The molecule has 3 aromatic rings. The van der Waals surface area contributed by atoms with Crippen LogP contribution in [-0.4, -0.2) is 9.78 Å². The molecule has 0 atom stereocenters. The first-order valence-electron chi connectivity index (χ1n) is 5.68. The van der Waals surface area contributed by atoms with Crippen LogP contribution in [0.1, 0.15) is 5.56 Å². The zero-order valence-electron chi connectivity index (χ0n) is 9.78. The molecule has 0 aliphatic rings. The van der Waals surface area contributed by atoms with Crippen molar-refractivity contribution in [2.24, 2.45) is 0 Å². The van der Waals surface area contributed by atoms with Crippen LogP contribution in [0.5, 0.6) is 0 Å². The van der Waals surface area contributed by atoms with Crippen molar-refractivity contribution in [3.63, 3.8) is 0 Å². The quantitative estimate of drug-likeness (QED) is 0.648. The third-order valence-corrected chi connectivity index (χ3v) is 3.90. The molecule has 0 fully saturated rings. The minimum atomic E-state index is 0.534. The molecule has 1 aromatic heterocycles. The number of benzene rings is 2. The van der Waals surface area contributed by atoms with Gasteiger partial charge in [-0.1, -0.05) is 46.9 Å². The number of hydrogen-bond donors (Lipinski definition) is 0. The number of hydrogen-bond acceptors (Lipinski definition) is 1. The van der Waals surface area contributed by atoms with Crippen LogP contribution in [0.25, 0.3) is 10.9 Å². The van der Waals surface area contributed by atoms with Crippen molar-refractivity contribution < 1.29 is 0 Å². The first-order chi connectivity index (χ1) is 9.13. The number of aromatic nitrogens is 2. The Balaban J connectivity index is 2.01. The molecule has 2 nitrogen and oxygen atoms in total. The number of fused-ring (bicyclic) bond motifs is 1. The molecule has 0 saturated carbocycles. The van der Waals surface area contributed by atoms with Crippen LogP contribution in [0.2, 0.25) is 15.1 Å². The molecule has 2 aromatic carbocycles. The first kappa shape index (κ1) is 12.8. The Hall–Kier alpha value is -1.22. The summed E-state index contributed by atoms with van der Waals surface area (Å²) < 4.78 is 1.89. The second kappa shape index (κ2) is 5.04. The van der Waals surface area contributed by atoms with Crippen LogP contribution in [0.3, 0.4) is 0 Å². The van der Waals surface area contributed by atoms with E-state index >= 15 is 0 Å². The molecule has 0 radical (unpaired) electrons. The first-order valence-corrected chi connectivity index (χ1v) is 6.82. The lowest BCUT2D eigenvalue weighted by atomic mass is 10.2. The van der Waals surface area contributed by atoms with Crippen molar-refractivity contribution in [3.8, 4) is 0 Å². The van der Waals surface area contributed by atoms with Gasteiger partial charge < -0.3 is 0 Å². The predicted molar refractivity (Wildman–Crippen MR) is 80.3 cm³/mol. The topological polar surface area (TPSA) is 17.8 Å². The van der Waals surface area contributed by atoms with Crippen molar-refractivity contribution in [2.45, 2.75) is 6.54 Å². The van der Waals surface area contributed by atoms with Gasteiger partial charge in [0, 0.05) is 10.4 Å². The van der Waals surface area contributed by atoms with Gasteiger partial charge in [-0.15, -0.1) is 0 Å². The van der Waals surface area contributed by atoms with Gasteiger partial charge in [0.05, 0.1) is 28.3 Å². The van der Waals surface area contributed by atoms with Gasteiger partial charge in [0.25, 0.3) is 0 Å². The van der Waals surface area contributed by atoms with Crippen LogP contribution in [0.4, 0.5) is 0 Å². The zero-order valence-corrected chi connectivity index (χ0v) is 12.0. The highest BCUT2D eigenvalue weighted by Gasteiger charge is 2.07. The summed E-state index contributed by atoms with van der Waals surface area (Å²) in [7, 11) is 0. The van der Waals surface area contributed by atoms with Crippen molar-refractivity contribution in [3.05, 3.63) is 63.2 Å². The SMILES string of the molecule is Clc1ccc(Cn2ncc3cc(Cl)c(Cl)cc32)cc1. The second-order valence-electron chi connectivity index (χ2n) is 4.25.